The van der Waals surface area contributed by atoms with Gasteiger partial charge in [-0.15, -0.1) is 11.3 Å². The number of nitrogens with one attached hydrogen (secondary N) is 1. The number of H-pyrrole nitrogens is 1. The van der Waals surface area contributed by atoms with E-state index in [0.29, 0.717) is 5.92 Å². The van der Waals surface area contributed by atoms with Crippen LogP contribution in [0.2, 0.25) is 0 Å². The molecule has 1 aliphatic carbocycles. The standard InChI is InChI=1S/C11H14N4S/c1-7-9(16-6-12-7)11-13-10(14-15-11)8-4-2-3-5-8/h6,8H,2-5H2,1H3,(H,13,14,15). The van der Waals surface area contributed by atoms with Gasteiger partial charge >= 0.3 is 0 Å². The Morgan fingerprint density at radius 1 is 1.38 bits per heavy atom. The summed E-state index contributed by atoms with van der Waals surface area (Å²) in [6, 6.07) is 0. The van der Waals surface area contributed by atoms with E-state index in [-0.39, 0.29) is 0 Å². The fourth-order valence-corrected chi connectivity index (χ4v) is 3.01. The van der Waals surface area contributed by atoms with Crippen LogP contribution in [-0.2, 0) is 0 Å². The normalized spacial score (nSPS) is 17.1. The summed E-state index contributed by atoms with van der Waals surface area (Å²) in [4.78, 5) is 9.91. The molecule has 4 nitrogen and oxygen atoms in total. The zero-order chi connectivity index (χ0) is 11.0. The Labute approximate surface area is 98.1 Å². The molecular weight excluding hydrogens is 220 g/mol. The van der Waals surface area contributed by atoms with Gasteiger partial charge in [-0.05, 0) is 19.8 Å². The highest BCUT2D eigenvalue weighted by atomic mass is 32.1. The topological polar surface area (TPSA) is 54.5 Å². The van der Waals surface area contributed by atoms with E-state index >= 15 is 0 Å². The molecule has 84 valence electrons. The molecule has 5 heteroatoms. The molecule has 0 atom stereocenters. The van der Waals surface area contributed by atoms with Crippen molar-refractivity contribution in [1.29, 1.82) is 0 Å². The van der Waals surface area contributed by atoms with Crippen molar-refractivity contribution in [3.63, 3.8) is 0 Å². The van der Waals surface area contributed by atoms with Gasteiger partial charge in [0.2, 0.25) is 0 Å². The van der Waals surface area contributed by atoms with Crippen molar-refractivity contribution in [2.45, 2.75) is 38.5 Å². The second-order valence-corrected chi connectivity index (χ2v) is 5.15. The maximum Gasteiger partial charge on any atom is 0.193 e. The molecule has 1 saturated carbocycles. The maximum absolute atomic E-state index is 4.60. The first-order valence-electron chi connectivity index (χ1n) is 5.67. The van der Waals surface area contributed by atoms with E-state index < -0.39 is 0 Å². The molecule has 0 unspecified atom stereocenters. The molecule has 2 aromatic heterocycles. The van der Waals surface area contributed by atoms with Crippen LogP contribution in [0.15, 0.2) is 5.51 Å². The van der Waals surface area contributed by atoms with E-state index in [1.165, 1.54) is 25.7 Å². The Morgan fingerprint density at radius 3 is 2.88 bits per heavy atom. The lowest BCUT2D eigenvalue weighted by atomic mass is 10.1. The predicted molar refractivity (Wildman–Crippen MR) is 63.4 cm³/mol. The van der Waals surface area contributed by atoms with Crippen LogP contribution in [0.25, 0.3) is 10.7 Å². The number of nitrogens with zero attached hydrogens (tertiary/aromatic N) is 3. The lowest BCUT2D eigenvalue weighted by molar-refractivity contribution is 0.672. The van der Waals surface area contributed by atoms with Gasteiger partial charge in [-0.25, -0.2) is 9.97 Å². The average molecular weight is 234 g/mol. The first-order chi connectivity index (χ1) is 7.84. The van der Waals surface area contributed by atoms with Gasteiger partial charge in [0.25, 0.3) is 0 Å². The Hall–Kier alpha value is -1.23. The maximum atomic E-state index is 4.60. The Morgan fingerprint density at radius 2 is 2.19 bits per heavy atom. The summed E-state index contributed by atoms with van der Waals surface area (Å²) in [5.41, 5.74) is 2.86. The quantitative estimate of drug-likeness (QED) is 0.869. The molecule has 2 aromatic rings. The van der Waals surface area contributed by atoms with E-state index in [0.717, 1.165) is 22.2 Å². The SMILES string of the molecule is Cc1ncsc1-c1n[nH]c(C2CCCC2)n1. The van der Waals surface area contributed by atoms with E-state index in [9.17, 15) is 0 Å². The molecule has 0 bridgehead atoms. The zero-order valence-corrected chi connectivity index (χ0v) is 10.0. The minimum atomic E-state index is 0.592. The van der Waals surface area contributed by atoms with Crippen LogP contribution >= 0.6 is 11.3 Å². The number of thiazole rings is 1. The molecule has 0 radical (unpaired) electrons. The number of aromatic amines is 1. The lowest BCUT2D eigenvalue weighted by Crippen LogP contribution is -1.94. The number of aryl methyl sites for hydroxylation is 1. The molecule has 0 amide bonds. The van der Waals surface area contributed by atoms with Gasteiger partial charge in [0.1, 0.15) is 5.82 Å². The minimum Gasteiger partial charge on any atom is -0.262 e. The summed E-state index contributed by atoms with van der Waals surface area (Å²) >= 11 is 1.60. The molecular formula is C11H14N4S. The second kappa shape index (κ2) is 3.97. The Bertz CT molecular complexity index is 482. The highest BCUT2D eigenvalue weighted by molar-refractivity contribution is 7.13. The van der Waals surface area contributed by atoms with Crippen LogP contribution in [0.4, 0.5) is 0 Å². The molecule has 0 saturated heterocycles. The molecule has 2 heterocycles. The van der Waals surface area contributed by atoms with Crippen LogP contribution < -0.4 is 0 Å². The number of aromatic nitrogens is 4. The van der Waals surface area contributed by atoms with Crippen molar-refractivity contribution in [1.82, 2.24) is 20.2 Å². The molecule has 0 spiro atoms. The summed E-state index contributed by atoms with van der Waals surface area (Å²) in [6.45, 7) is 2.00. The predicted octanol–water partition coefficient (Wildman–Crippen LogP) is 2.89. The first kappa shape index (κ1) is 9.96. The van der Waals surface area contributed by atoms with Gasteiger partial charge in [-0.1, -0.05) is 12.8 Å². The molecule has 16 heavy (non-hydrogen) atoms. The third-order valence-electron chi connectivity index (χ3n) is 3.19. The van der Waals surface area contributed by atoms with Crippen LogP contribution in [0.3, 0.4) is 0 Å². The van der Waals surface area contributed by atoms with E-state index in [4.69, 9.17) is 0 Å². The second-order valence-electron chi connectivity index (χ2n) is 4.29. The Balaban J connectivity index is 1.90. The van der Waals surface area contributed by atoms with Gasteiger partial charge in [0.15, 0.2) is 5.82 Å². The van der Waals surface area contributed by atoms with Crippen molar-refractivity contribution in [3.8, 4) is 10.7 Å². The lowest BCUT2D eigenvalue weighted by Gasteiger charge is -2.01. The van der Waals surface area contributed by atoms with Crippen molar-refractivity contribution in [2.75, 3.05) is 0 Å². The molecule has 0 aromatic carbocycles. The van der Waals surface area contributed by atoms with Crippen molar-refractivity contribution in [3.05, 3.63) is 17.0 Å². The third-order valence-corrected chi connectivity index (χ3v) is 4.12. The fraction of sp³-hybridized carbons (Fsp3) is 0.545. The Kier molecular flexibility index (Phi) is 2.47. The monoisotopic (exact) mass is 234 g/mol. The molecule has 1 N–H and O–H groups in total. The summed E-state index contributed by atoms with van der Waals surface area (Å²) in [6.07, 6.45) is 5.13. The van der Waals surface area contributed by atoms with Gasteiger partial charge in [0, 0.05) is 5.92 Å². The smallest absolute Gasteiger partial charge is 0.193 e. The van der Waals surface area contributed by atoms with E-state index in [1.54, 1.807) is 11.3 Å². The molecule has 0 aliphatic heterocycles. The van der Waals surface area contributed by atoms with Gasteiger partial charge in [-0.3, -0.25) is 5.10 Å². The van der Waals surface area contributed by atoms with E-state index in [2.05, 4.69) is 20.2 Å². The molecule has 1 aliphatic rings. The number of rotatable bonds is 2. The summed E-state index contributed by atoms with van der Waals surface area (Å²) in [7, 11) is 0. The highest BCUT2D eigenvalue weighted by Crippen LogP contribution is 2.33. The van der Waals surface area contributed by atoms with Crippen molar-refractivity contribution >= 4 is 11.3 Å². The van der Waals surface area contributed by atoms with Gasteiger partial charge < -0.3 is 0 Å². The summed E-state index contributed by atoms with van der Waals surface area (Å²) in [5, 5.41) is 7.38. The first-order valence-corrected chi connectivity index (χ1v) is 6.55. The van der Waals surface area contributed by atoms with Crippen LogP contribution in [-0.4, -0.2) is 20.2 Å². The minimum absolute atomic E-state index is 0.592. The van der Waals surface area contributed by atoms with E-state index in [1.807, 2.05) is 12.4 Å². The van der Waals surface area contributed by atoms with Crippen LogP contribution in [0, 0.1) is 6.92 Å². The van der Waals surface area contributed by atoms with Crippen LogP contribution in [0.1, 0.15) is 43.1 Å². The number of hydrogen-bond donors (Lipinski definition) is 1. The fourth-order valence-electron chi connectivity index (χ4n) is 2.27. The molecule has 3 rings (SSSR count). The number of hydrogen-bond acceptors (Lipinski definition) is 4. The van der Waals surface area contributed by atoms with Crippen LogP contribution in [0.5, 0.6) is 0 Å². The van der Waals surface area contributed by atoms with Crippen molar-refractivity contribution < 1.29 is 0 Å². The summed E-state index contributed by atoms with van der Waals surface area (Å²) < 4.78 is 0. The largest absolute Gasteiger partial charge is 0.262 e. The van der Waals surface area contributed by atoms with Gasteiger partial charge in [-0.2, -0.15) is 5.10 Å². The third kappa shape index (κ3) is 1.65. The molecule has 1 fully saturated rings. The van der Waals surface area contributed by atoms with Crippen molar-refractivity contribution in [2.24, 2.45) is 0 Å². The van der Waals surface area contributed by atoms with Gasteiger partial charge in [0.05, 0.1) is 16.1 Å². The average Bonchev–Trinajstić information content (AvgIpc) is 2.96. The highest BCUT2D eigenvalue weighted by Gasteiger charge is 2.21. The summed E-state index contributed by atoms with van der Waals surface area (Å²) in [5.74, 6) is 2.46. The zero-order valence-electron chi connectivity index (χ0n) is 9.23.